The normalized spacial score (nSPS) is 17.6. The molecule has 2 rings (SSSR count). The first-order chi connectivity index (χ1) is 11.8. The molecule has 1 aliphatic carbocycles. The zero-order chi connectivity index (χ0) is 18.6. The SMILES string of the molecule is COC(=O)[C@](C)(NC(=O)Cc1c(C)cc(C)cc1C)C1CCCCC1. The summed E-state index contributed by atoms with van der Waals surface area (Å²) in [6.07, 6.45) is 5.59. The second-order valence-electron chi connectivity index (χ2n) is 7.63. The van der Waals surface area contributed by atoms with Crippen molar-refractivity contribution in [1.82, 2.24) is 5.32 Å². The molecular formula is C21H31NO3. The number of ether oxygens (including phenoxy) is 1. The number of hydrogen-bond donors (Lipinski definition) is 1. The lowest BCUT2D eigenvalue weighted by atomic mass is 9.75. The van der Waals surface area contributed by atoms with Crippen LogP contribution in [-0.2, 0) is 20.7 Å². The van der Waals surface area contributed by atoms with Crippen molar-refractivity contribution in [3.63, 3.8) is 0 Å². The Morgan fingerprint density at radius 1 is 1.12 bits per heavy atom. The molecule has 1 N–H and O–H groups in total. The summed E-state index contributed by atoms with van der Waals surface area (Å²) in [6, 6.07) is 4.19. The average molecular weight is 345 g/mol. The van der Waals surface area contributed by atoms with E-state index in [0.717, 1.165) is 42.4 Å². The van der Waals surface area contributed by atoms with E-state index in [1.807, 2.05) is 20.8 Å². The molecule has 1 atom stereocenters. The minimum absolute atomic E-state index is 0.117. The number of carbonyl (C=O) groups is 2. The van der Waals surface area contributed by atoms with Gasteiger partial charge in [0, 0.05) is 0 Å². The highest BCUT2D eigenvalue weighted by atomic mass is 16.5. The molecule has 1 aliphatic rings. The Morgan fingerprint density at radius 2 is 1.68 bits per heavy atom. The lowest BCUT2D eigenvalue weighted by Crippen LogP contribution is -2.58. The molecule has 25 heavy (non-hydrogen) atoms. The molecule has 4 heteroatoms. The van der Waals surface area contributed by atoms with Crippen LogP contribution < -0.4 is 5.32 Å². The highest BCUT2D eigenvalue weighted by molar-refractivity contribution is 5.89. The van der Waals surface area contributed by atoms with Crippen molar-refractivity contribution in [2.75, 3.05) is 7.11 Å². The van der Waals surface area contributed by atoms with E-state index in [1.54, 1.807) is 0 Å². The summed E-state index contributed by atoms with van der Waals surface area (Å²) in [6.45, 7) is 7.94. The van der Waals surface area contributed by atoms with E-state index in [1.165, 1.54) is 19.1 Å². The van der Waals surface area contributed by atoms with Crippen LogP contribution in [-0.4, -0.2) is 24.5 Å². The predicted octanol–water partition coefficient (Wildman–Crippen LogP) is 3.78. The number of rotatable bonds is 5. The summed E-state index contributed by atoms with van der Waals surface area (Å²) in [5, 5.41) is 3.02. The highest BCUT2D eigenvalue weighted by Crippen LogP contribution is 2.33. The maximum Gasteiger partial charge on any atom is 0.331 e. The molecule has 1 amide bonds. The zero-order valence-electron chi connectivity index (χ0n) is 16.2. The first-order valence-corrected chi connectivity index (χ1v) is 9.24. The zero-order valence-corrected chi connectivity index (χ0v) is 16.2. The molecule has 0 unspecified atom stereocenters. The Labute approximate surface area is 151 Å². The maximum absolute atomic E-state index is 12.8. The number of nitrogens with one attached hydrogen (secondary N) is 1. The topological polar surface area (TPSA) is 55.4 Å². The molecule has 1 fully saturated rings. The van der Waals surface area contributed by atoms with Gasteiger partial charge in [-0.3, -0.25) is 4.79 Å². The van der Waals surface area contributed by atoms with Crippen molar-refractivity contribution in [2.45, 2.75) is 71.8 Å². The Morgan fingerprint density at radius 3 is 2.20 bits per heavy atom. The summed E-state index contributed by atoms with van der Waals surface area (Å²) < 4.78 is 5.03. The summed E-state index contributed by atoms with van der Waals surface area (Å²) in [4.78, 5) is 25.2. The van der Waals surface area contributed by atoms with E-state index in [2.05, 4.69) is 24.4 Å². The van der Waals surface area contributed by atoms with Crippen LogP contribution in [0.3, 0.4) is 0 Å². The van der Waals surface area contributed by atoms with Gasteiger partial charge in [0.1, 0.15) is 5.54 Å². The number of aryl methyl sites for hydroxylation is 3. The molecule has 0 saturated heterocycles. The Bertz CT molecular complexity index is 624. The van der Waals surface area contributed by atoms with Crippen molar-refractivity contribution in [2.24, 2.45) is 5.92 Å². The van der Waals surface area contributed by atoms with Crippen molar-refractivity contribution in [1.29, 1.82) is 0 Å². The molecule has 0 heterocycles. The number of amides is 1. The van der Waals surface area contributed by atoms with Crippen LogP contribution in [0.1, 0.15) is 61.3 Å². The van der Waals surface area contributed by atoms with Crippen LogP contribution in [0.4, 0.5) is 0 Å². The predicted molar refractivity (Wildman–Crippen MR) is 99.5 cm³/mol. The lowest BCUT2D eigenvalue weighted by Gasteiger charge is -2.38. The Balaban J connectivity index is 2.18. The number of benzene rings is 1. The Kier molecular flexibility index (Phi) is 6.26. The first-order valence-electron chi connectivity index (χ1n) is 9.24. The van der Waals surface area contributed by atoms with Gasteiger partial charge >= 0.3 is 5.97 Å². The van der Waals surface area contributed by atoms with Gasteiger partial charge in [0.2, 0.25) is 5.91 Å². The smallest absolute Gasteiger partial charge is 0.331 e. The second kappa shape index (κ2) is 8.03. The third-order valence-electron chi connectivity index (χ3n) is 5.61. The Hall–Kier alpha value is -1.84. The summed E-state index contributed by atoms with van der Waals surface area (Å²) >= 11 is 0. The van der Waals surface area contributed by atoms with Gasteiger partial charge in [0.25, 0.3) is 0 Å². The fraction of sp³-hybridized carbons (Fsp3) is 0.619. The van der Waals surface area contributed by atoms with E-state index in [0.29, 0.717) is 0 Å². The van der Waals surface area contributed by atoms with E-state index in [9.17, 15) is 9.59 Å². The number of esters is 1. The summed E-state index contributed by atoms with van der Waals surface area (Å²) in [5.41, 5.74) is 3.52. The largest absolute Gasteiger partial charge is 0.467 e. The van der Waals surface area contributed by atoms with Crippen LogP contribution in [0.2, 0.25) is 0 Å². The van der Waals surface area contributed by atoms with Crippen LogP contribution in [0.25, 0.3) is 0 Å². The molecule has 4 nitrogen and oxygen atoms in total. The first kappa shape index (κ1) is 19.5. The van der Waals surface area contributed by atoms with Gasteiger partial charge in [-0.2, -0.15) is 0 Å². The molecule has 138 valence electrons. The molecule has 0 aromatic heterocycles. The molecular weight excluding hydrogens is 314 g/mol. The second-order valence-corrected chi connectivity index (χ2v) is 7.63. The molecule has 0 aliphatic heterocycles. The van der Waals surface area contributed by atoms with Gasteiger partial charge in [-0.05, 0) is 63.1 Å². The molecule has 1 aromatic rings. The van der Waals surface area contributed by atoms with E-state index in [-0.39, 0.29) is 24.2 Å². The van der Waals surface area contributed by atoms with E-state index >= 15 is 0 Å². The van der Waals surface area contributed by atoms with Crippen LogP contribution in [0.15, 0.2) is 12.1 Å². The third-order valence-corrected chi connectivity index (χ3v) is 5.61. The van der Waals surface area contributed by atoms with Gasteiger partial charge < -0.3 is 10.1 Å². The van der Waals surface area contributed by atoms with E-state index in [4.69, 9.17) is 4.74 Å². The van der Waals surface area contributed by atoms with Gasteiger partial charge in [0.15, 0.2) is 0 Å². The number of carbonyl (C=O) groups excluding carboxylic acids is 2. The molecule has 0 bridgehead atoms. The van der Waals surface area contributed by atoms with Crippen molar-refractivity contribution < 1.29 is 14.3 Å². The number of methoxy groups -OCH3 is 1. The van der Waals surface area contributed by atoms with Gasteiger partial charge in [-0.25, -0.2) is 4.79 Å². The minimum atomic E-state index is -0.946. The van der Waals surface area contributed by atoms with Gasteiger partial charge in [-0.15, -0.1) is 0 Å². The van der Waals surface area contributed by atoms with Crippen molar-refractivity contribution in [3.05, 3.63) is 34.4 Å². The van der Waals surface area contributed by atoms with Crippen molar-refractivity contribution in [3.8, 4) is 0 Å². The average Bonchev–Trinajstić information content (AvgIpc) is 2.58. The lowest BCUT2D eigenvalue weighted by molar-refractivity contribution is -0.153. The monoisotopic (exact) mass is 345 g/mol. The molecule has 1 aromatic carbocycles. The standard InChI is InChI=1S/C21H31NO3/c1-14-11-15(2)18(16(3)12-14)13-19(23)22-21(4,20(24)25-5)17-9-7-6-8-10-17/h11-12,17H,6-10,13H2,1-5H3,(H,22,23)/t21-/m1/s1. The van der Waals surface area contributed by atoms with Crippen LogP contribution >= 0.6 is 0 Å². The fourth-order valence-electron chi connectivity index (χ4n) is 4.19. The summed E-state index contributed by atoms with van der Waals surface area (Å²) in [7, 11) is 1.39. The third kappa shape index (κ3) is 4.42. The quantitative estimate of drug-likeness (QED) is 0.826. The molecule has 0 spiro atoms. The van der Waals surface area contributed by atoms with Gasteiger partial charge in [-0.1, -0.05) is 37.0 Å². The van der Waals surface area contributed by atoms with E-state index < -0.39 is 5.54 Å². The highest BCUT2D eigenvalue weighted by Gasteiger charge is 2.43. The molecule has 1 saturated carbocycles. The summed E-state index contributed by atoms with van der Waals surface area (Å²) in [5.74, 6) is -0.323. The van der Waals surface area contributed by atoms with Crippen LogP contribution in [0, 0.1) is 26.7 Å². The van der Waals surface area contributed by atoms with Crippen molar-refractivity contribution >= 4 is 11.9 Å². The maximum atomic E-state index is 12.8. The minimum Gasteiger partial charge on any atom is -0.467 e. The number of hydrogen-bond acceptors (Lipinski definition) is 3. The molecule has 0 radical (unpaired) electrons. The van der Waals surface area contributed by atoms with Crippen LogP contribution in [0.5, 0.6) is 0 Å². The fourth-order valence-corrected chi connectivity index (χ4v) is 4.19. The van der Waals surface area contributed by atoms with Gasteiger partial charge in [0.05, 0.1) is 13.5 Å².